The third-order valence-electron chi connectivity index (χ3n) is 5.47. The third kappa shape index (κ3) is 2.30. The SMILES string of the molecule is Cc1noc(C)c1C1=C(OC(=O)C(C)(C)C)[C@@H]2[C@H](C1=O)[C@H]1CC[C@@H]2O1. The first kappa shape index (κ1) is 16.5. The average Bonchev–Trinajstić information content (AvgIpc) is 3.25. The highest BCUT2D eigenvalue weighted by Gasteiger charge is 2.60. The molecule has 2 fully saturated rings. The Morgan fingerprint density at radius 2 is 1.80 bits per heavy atom. The topological polar surface area (TPSA) is 78.6 Å². The van der Waals surface area contributed by atoms with E-state index in [1.54, 1.807) is 34.6 Å². The number of nitrogens with zero attached hydrogens (tertiary/aromatic N) is 1. The third-order valence-corrected chi connectivity index (χ3v) is 5.47. The highest BCUT2D eigenvalue weighted by atomic mass is 16.6. The predicted molar refractivity (Wildman–Crippen MR) is 88.3 cm³/mol. The van der Waals surface area contributed by atoms with Crippen LogP contribution in [0.3, 0.4) is 0 Å². The van der Waals surface area contributed by atoms with Gasteiger partial charge in [0.25, 0.3) is 0 Å². The highest BCUT2D eigenvalue weighted by molar-refractivity contribution is 6.26. The lowest BCUT2D eigenvalue weighted by Crippen LogP contribution is -2.31. The number of allylic oxidation sites excluding steroid dienone is 1. The molecule has 6 heteroatoms. The molecule has 4 rings (SSSR count). The van der Waals surface area contributed by atoms with Crippen LogP contribution in [-0.2, 0) is 19.1 Å². The van der Waals surface area contributed by atoms with Crippen LogP contribution in [0.5, 0.6) is 0 Å². The van der Waals surface area contributed by atoms with Crippen LogP contribution in [0.15, 0.2) is 10.3 Å². The molecular weight excluding hydrogens is 322 g/mol. The van der Waals surface area contributed by atoms with E-state index < -0.39 is 5.41 Å². The van der Waals surface area contributed by atoms with Crippen LogP contribution in [0.4, 0.5) is 0 Å². The molecule has 0 spiro atoms. The van der Waals surface area contributed by atoms with Gasteiger partial charge in [-0.05, 0) is 47.5 Å². The normalized spacial score (nSPS) is 31.0. The second kappa shape index (κ2) is 5.27. The van der Waals surface area contributed by atoms with Crippen molar-refractivity contribution in [3.8, 4) is 0 Å². The van der Waals surface area contributed by atoms with Crippen LogP contribution < -0.4 is 0 Å². The highest BCUT2D eigenvalue weighted by Crippen LogP contribution is 2.55. The van der Waals surface area contributed by atoms with Gasteiger partial charge in [-0.15, -0.1) is 0 Å². The molecule has 0 aromatic carbocycles. The molecule has 4 atom stereocenters. The summed E-state index contributed by atoms with van der Waals surface area (Å²) in [6, 6.07) is 0. The first-order valence-electron chi connectivity index (χ1n) is 8.79. The average molecular weight is 345 g/mol. The van der Waals surface area contributed by atoms with Gasteiger partial charge in [-0.1, -0.05) is 5.16 Å². The minimum atomic E-state index is -0.656. The quantitative estimate of drug-likeness (QED) is 0.767. The molecule has 1 aromatic heterocycles. The van der Waals surface area contributed by atoms with Gasteiger partial charge in [0.1, 0.15) is 11.5 Å². The van der Waals surface area contributed by atoms with Gasteiger partial charge < -0.3 is 14.0 Å². The molecule has 1 aliphatic carbocycles. The summed E-state index contributed by atoms with van der Waals surface area (Å²) < 4.78 is 17.0. The van der Waals surface area contributed by atoms with Gasteiger partial charge in [0, 0.05) is 0 Å². The molecule has 0 saturated carbocycles. The summed E-state index contributed by atoms with van der Waals surface area (Å²) in [7, 11) is 0. The molecule has 2 aliphatic heterocycles. The number of ketones is 1. The summed E-state index contributed by atoms with van der Waals surface area (Å²) in [6.45, 7) is 8.98. The van der Waals surface area contributed by atoms with E-state index in [1.807, 2.05) is 0 Å². The van der Waals surface area contributed by atoms with Crippen molar-refractivity contribution < 1.29 is 23.6 Å². The number of aromatic nitrogens is 1. The minimum Gasteiger partial charge on any atom is -0.429 e. The maximum atomic E-state index is 13.2. The van der Waals surface area contributed by atoms with Crippen LogP contribution in [-0.4, -0.2) is 29.1 Å². The molecule has 0 amide bonds. The number of hydrogen-bond acceptors (Lipinski definition) is 6. The van der Waals surface area contributed by atoms with E-state index in [2.05, 4.69) is 5.16 Å². The van der Waals surface area contributed by atoms with E-state index in [9.17, 15) is 9.59 Å². The summed E-state index contributed by atoms with van der Waals surface area (Å²) in [5.74, 6) is 0.229. The number of rotatable bonds is 2. The number of hydrogen-bond donors (Lipinski definition) is 0. The van der Waals surface area contributed by atoms with E-state index in [-0.39, 0.29) is 35.8 Å². The van der Waals surface area contributed by atoms with Crippen LogP contribution >= 0.6 is 0 Å². The van der Waals surface area contributed by atoms with Gasteiger partial charge >= 0.3 is 5.97 Å². The zero-order valence-electron chi connectivity index (χ0n) is 15.2. The number of carbonyl (C=O) groups is 2. The Morgan fingerprint density at radius 3 is 2.36 bits per heavy atom. The van der Waals surface area contributed by atoms with E-state index >= 15 is 0 Å². The van der Waals surface area contributed by atoms with Gasteiger partial charge in [-0.25, -0.2) is 0 Å². The van der Waals surface area contributed by atoms with E-state index in [0.717, 1.165) is 12.8 Å². The Morgan fingerprint density at radius 1 is 1.16 bits per heavy atom. The van der Waals surface area contributed by atoms with Crippen molar-refractivity contribution in [3.63, 3.8) is 0 Å². The lowest BCUT2D eigenvalue weighted by molar-refractivity contribution is -0.149. The molecule has 0 unspecified atom stereocenters. The molecule has 1 aromatic rings. The number of esters is 1. The molecule has 134 valence electrons. The first-order valence-corrected chi connectivity index (χ1v) is 8.79. The Bertz CT molecular complexity index is 778. The van der Waals surface area contributed by atoms with Crippen molar-refractivity contribution in [1.29, 1.82) is 0 Å². The number of fused-ring (bicyclic) bond motifs is 5. The smallest absolute Gasteiger partial charge is 0.316 e. The largest absolute Gasteiger partial charge is 0.429 e. The molecule has 2 saturated heterocycles. The van der Waals surface area contributed by atoms with Gasteiger partial charge in [0.2, 0.25) is 0 Å². The van der Waals surface area contributed by atoms with Crippen molar-refractivity contribution in [3.05, 3.63) is 22.8 Å². The van der Waals surface area contributed by atoms with E-state index in [0.29, 0.717) is 28.3 Å². The predicted octanol–water partition coefficient (Wildman–Crippen LogP) is 2.97. The van der Waals surface area contributed by atoms with Crippen LogP contribution in [0.1, 0.15) is 50.6 Å². The van der Waals surface area contributed by atoms with Crippen molar-refractivity contribution in [2.75, 3.05) is 0 Å². The monoisotopic (exact) mass is 345 g/mol. The van der Waals surface area contributed by atoms with Crippen LogP contribution in [0.2, 0.25) is 0 Å². The number of Topliss-reactive ketones (excluding diaryl/α,β-unsaturated/α-hetero) is 1. The molecule has 3 heterocycles. The molecule has 3 aliphatic rings. The van der Waals surface area contributed by atoms with Crippen molar-refractivity contribution in [2.24, 2.45) is 17.3 Å². The maximum absolute atomic E-state index is 13.2. The lowest BCUT2D eigenvalue weighted by Gasteiger charge is -2.24. The molecule has 2 bridgehead atoms. The number of carbonyl (C=O) groups excluding carboxylic acids is 2. The van der Waals surface area contributed by atoms with E-state index in [4.69, 9.17) is 14.0 Å². The summed E-state index contributed by atoms with van der Waals surface area (Å²) in [5, 5.41) is 3.97. The van der Waals surface area contributed by atoms with Gasteiger partial charge in [-0.3, -0.25) is 9.59 Å². The van der Waals surface area contributed by atoms with Crippen molar-refractivity contribution in [1.82, 2.24) is 5.16 Å². The van der Waals surface area contributed by atoms with E-state index in [1.165, 1.54) is 0 Å². The second-order valence-corrected chi connectivity index (χ2v) is 8.28. The van der Waals surface area contributed by atoms with Crippen molar-refractivity contribution in [2.45, 2.75) is 59.7 Å². The summed E-state index contributed by atoms with van der Waals surface area (Å²) >= 11 is 0. The van der Waals surface area contributed by atoms with Crippen LogP contribution in [0.25, 0.3) is 5.57 Å². The Kier molecular flexibility index (Phi) is 3.48. The Labute approximate surface area is 146 Å². The fraction of sp³-hybridized carbons (Fsp3) is 0.632. The summed E-state index contributed by atoms with van der Waals surface area (Å²) in [6.07, 6.45) is 1.64. The number of aryl methyl sites for hydroxylation is 2. The first-order chi connectivity index (χ1) is 11.7. The van der Waals surface area contributed by atoms with Crippen molar-refractivity contribution >= 4 is 17.3 Å². The molecular formula is C19H23NO5. The zero-order chi connectivity index (χ0) is 18.1. The van der Waals surface area contributed by atoms with Gasteiger partial charge in [0.05, 0.1) is 46.3 Å². The maximum Gasteiger partial charge on any atom is 0.316 e. The lowest BCUT2D eigenvalue weighted by atomic mass is 9.80. The minimum absolute atomic E-state index is 0.0108. The summed E-state index contributed by atoms with van der Waals surface area (Å²) in [4.78, 5) is 25.8. The van der Waals surface area contributed by atoms with Gasteiger partial charge in [-0.2, -0.15) is 0 Å². The fourth-order valence-corrected chi connectivity index (χ4v) is 4.26. The fourth-order valence-electron chi connectivity index (χ4n) is 4.26. The van der Waals surface area contributed by atoms with Crippen LogP contribution in [0, 0.1) is 31.1 Å². The Balaban J connectivity index is 1.85. The Hall–Kier alpha value is -1.95. The molecule has 0 N–H and O–H groups in total. The second-order valence-electron chi connectivity index (χ2n) is 8.28. The zero-order valence-corrected chi connectivity index (χ0v) is 15.2. The molecule has 25 heavy (non-hydrogen) atoms. The number of ether oxygens (including phenoxy) is 2. The standard InChI is InChI=1S/C19H23NO5/c1-8-12(9(2)25-20-8)15-16(21)13-10-6-7-11(23-10)14(13)17(15)24-18(22)19(3,4)5/h10-11,13-14H,6-7H2,1-5H3/t10-,11+,13-,14+/m1/s1. The van der Waals surface area contributed by atoms with Gasteiger partial charge in [0.15, 0.2) is 5.78 Å². The molecule has 0 radical (unpaired) electrons. The molecule has 6 nitrogen and oxygen atoms in total. The summed E-state index contributed by atoms with van der Waals surface area (Å²) in [5.41, 5.74) is 1.11.